The van der Waals surface area contributed by atoms with Crippen molar-refractivity contribution in [2.75, 3.05) is 13.1 Å². The van der Waals surface area contributed by atoms with Gasteiger partial charge in [0, 0.05) is 25.6 Å². The summed E-state index contributed by atoms with van der Waals surface area (Å²) in [6, 6.07) is 8.16. The van der Waals surface area contributed by atoms with Gasteiger partial charge in [-0.1, -0.05) is 43.2 Å². The lowest BCUT2D eigenvalue weighted by molar-refractivity contribution is -0.127. The summed E-state index contributed by atoms with van der Waals surface area (Å²) in [6.07, 6.45) is 1.76. The molecule has 1 heterocycles. The number of carbonyl (C=O) groups excluding carboxylic acids is 1. The molecule has 2 N–H and O–H groups in total. The van der Waals surface area contributed by atoms with E-state index in [2.05, 4.69) is 38.1 Å². The highest BCUT2D eigenvalue weighted by Crippen LogP contribution is 2.22. The predicted octanol–water partition coefficient (Wildman–Crippen LogP) is 2.25. The molecule has 3 nitrogen and oxygen atoms in total. The van der Waals surface area contributed by atoms with Gasteiger partial charge in [-0.15, -0.1) is 0 Å². The number of aryl methyl sites for hydroxylation is 1. The van der Waals surface area contributed by atoms with E-state index in [0.717, 1.165) is 18.5 Å². The molecule has 1 aliphatic heterocycles. The lowest BCUT2D eigenvalue weighted by Crippen LogP contribution is -2.33. The van der Waals surface area contributed by atoms with Gasteiger partial charge < -0.3 is 10.6 Å². The Morgan fingerprint density at radius 3 is 2.61 bits per heavy atom. The molecule has 1 amide bonds. The van der Waals surface area contributed by atoms with Gasteiger partial charge >= 0.3 is 0 Å². The Morgan fingerprint density at radius 1 is 1.39 bits per heavy atom. The summed E-state index contributed by atoms with van der Waals surface area (Å²) >= 11 is 0. The molecule has 0 radical (unpaired) electrons. The van der Waals surface area contributed by atoms with E-state index in [1.165, 1.54) is 5.56 Å². The van der Waals surface area contributed by atoms with Crippen LogP contribution in [0.5, 0.6) is 0 Å². The SMILES string of the molecule is CCC1CC(=O)N(CC(N)c2ccc(C)cc2)C1. The van der Waals surface area contributed by atoms with Crippen LogP contribution in [0.15, 0.2) is 24.3 Å². The maximum absolute atomic E-state index is 11.8. The third-order valence-corrected chi connectivity index (χ3v) is 3.79. The minimum atomic E-state index is -0.0786. The molecule has 18 heavy (non-hydrogen) atoms. The van der Waals surface area contributed by atoms with Gasteiger partial charge in [0.25, 0.3) is 0 Å². The minimum absolute atomic E-state index is 0.0786. The predicted molar refractivity (Wildman–Crippen MR) is 73.1 cm³/mol. The van der Waals surface area contributed by atoms with E-state index in [1.807, 2.05) is 4.90 Å². The minimum Gasteiger partial charge on any atom is -0.340 e. The molecule has 3 heteroatoms. The standard InChI is InChI=1S/C15H22N2O/c1-3-12-8-15(18)17(9-12)10-14(16)13-6-4-11(2)5-7-13/h4-7,12,14H,3,8-10,16H2,1-2H3. The second-order valence-electron chi connectivity index (χ2n) is 5.29. The lowest BCUT2D eigenvalue weighted by atomic mass is 10.1. The first-order valence-electron chi connectivity index (χ1n) is 6.70. The van der Waals surface area contributed by atoms with Gasteiger partial charge in [0.1, 0.15) is 0 Å². The van der Waals surface area contributed by atoms with E-state index in [1.54, 1.807) is 0 Å². The van der Waals surface area contributed by atoms with E-state index in [4.69, 9.17) is 5.73 Å². The molecule has 98 valence electrons. The van der Waals surface area contributed by atoms with Crippen LogP contribution < -0.4 is 5.73 Å². The molecule has 0 aromatic heterocycles. The van der Waals surface area contributed by atoms with Crippen LogP contribution in [0.1, 0.15) is 36.9 Å². The first kappa shape index (κ1) is 13.1. The van der Waals surface area contributed by atoms with Crippen molar-refractivity contribution in [3.63, 3.8) is 0 Å². The van der Waals surface area contributed by atoms with Crippen molar-refractivity contribution in [2.24, 2.45) is 11.7 Å². The number of amides is 1. The molecule has 1 saturated heterocycles. The summed E-state index contributed by atoms with van der Waals surface area (Å²) in [5.41, 5.74) is 8.52. The highest BCUT2D eigenvalue weighted by atomic mass is 16.2. The normalized spacial score (nSPS) is 21.4. The summed E-state index contributed by atoms with van der Waals surface area (Å²) in [7, 11) is 0. The van der Waals surface area contributed by atoms with Crippen molar-refractivity contribution in [3.8, 4) is 0 Å². The van der Waals surface area contributed by atoms with Gasteiger partial charge in [-0.05, 0) is 18.4 Å². The number of nitrogens with two attached hydrogens (primary N) is 1. The quantitative estimate of drug-likeness (QED) is 0.885. The average Bonchev–Trinajstić information content (AvgIpc) is 2.71. The van der Waals surface area contributed by atoms with Gasteiger partial charge in [-0.25, -0.2) is 0 Å². The molecular formula is C15H22N2O. The molecule has 1 fully saturated rings. The molecule has 1 aromatic rings. The van der Waals surface area contributed by atoms with E-state index in [9.17, 15) is 4.79 Å². The molecular weight excluding hydrogens is 224 g/mol. The fraction of sp³-hybridized carbons (Fsp3) is 0.533. The first-order chi connectivity index (χ1) is 8.60. The Morgan fingerprint density at radius 2 is 2.06 bits per heavy atom. The largest absolute Gasteiger partial charge is 0.340 e. The van der Waals surface area contributed by atoms with Crippen LogP contribution in [0, 0.1) is 12.8 Å². The van der Waals surface area contributed by atoms with Crippen LogP contribution in [-0.4, -0.2) is 23.9 Å². The van der Waals surface area contributed by atoms with Crippen molar-refractivity contribution < 1.29 is 4.79 Å². The summed E-state index contributed by atoms with van der Waals surface area (Å²) in [5.74, 6) is 0.770. The Hall–Kier alpha value is -1.35. The van der Waals surface area contributed by atoms with Crippen molar-refractivity contribution in [1.29, 1.82) is 0 Å². The molecule has 0 bridgehead atoms. The fourth-order valence-electron chi connectivity index (χ4n) is 2.46. The monoisotopic (exact) mass is 246 g/mol. The maximum atomic E-state index is 11.8. The van der Waals surface area contributed by atoms with Crippen molar-refractivity contribution >= 4 is 5.91 Å². The van der Waals surface area contributed by atoms with Gasteiger partial charge in [-0.2, -0.15) is 0 Å². The Balaban J connectivity index is 1.97. The zero-order chi connectivity index (χ0) is 13.1. The van der Waals surface area contributed by atoms with Crippen molar-refractivity contribution in [3.05, 3.63) is 35.4 Å². The molecule has 1 aliphatic rings. The van der Waals surface area contributed by atoms with E-state index >= 15 is 0 Å². The zero-order valence-electron chi connectivity index (χ0n) is 11.2. The second kappa shape index (κ2) is 5.53. The van der Waals surface area contributed by atoms with Gasteiger partial charge in [0.05, 0.1) is 0 Å². The third-order valence-electron chi connectivity index (χ3n) is 3.79. The van der Waals surface area contributed by atoms with Gasteiger partial charge in [0.15, 0.2) is 0 Å². The fourth-order valence-corrected chi connectivity index (χ4v) is 2.46. The van der Waals surface area contributed by atoms with E-state index in [-0.39, 0.29) is 11.9 Å². The lowest BCUT2D eigenvalue weighted by Gasteiger charge is -2.21. The summed E-state index contributed by atoms with van der Waals surface area (Å²) in [4.78, 5) is 13.8. The Labute approximate surface area is 109 Å². The summed E-state index contributed by atoms with van der Waals surface area (Å²) in [5, 5.41) is 0. The van der Waals surface area contributed by atoms with Gasteiger partial charge in [-0.3, -0.25) is 4.79 Å². The van der Waals surface area contributed by atoms with E-state index < -0.39 is 0 Å². The molecule has 0 aliphatic carbocycles. The highest BCUT2D eigenvalue weighted by molar-refractivity contribution is 5.78. The molecule has 0 saturated carbocycles. The molecule has 2 atom stereocenters. The molecule has 1 aromatic carbocycles. The van der Waals surface area contributed by atoms with Gasteiger partial charge in [0.2, 0.25) is 5.91 Å². The Bertz CT molecular complexity index is 413. The number of rotatable bonds is 4. The van der Waals surface area contributed by atoms with Crippen molar-refractivity contribution in [2.45, 2.75) is 32.7 Å². The number of carbonyl (C=O) groups is 1. The first-order valence-corrected chi connectivity index (χ1v) is 6.70. The van der Waals surface area contributed by atoms with Crippen LogP contribution in [-0.2, 0) is 4.79 Å². The number of likely N-dealkylation sites (tertiary alicyclic amines) is 1. The average molecular weight is 246 g/mol. The topological polar surface area (TPSA) is 46.3 Å². The second-order valence-corrected chi connectivity index (χ2v) is 5.29. The Kier molecular flexibility index (Phi) is 4.02. The van der Waals surface area contributed by atoms with Crippen LogP contribution in [0.2, 0.25) is 0 Å². The van der Waals surface area contributed by atoms with Crippen LogP contribution in [0.25, 0.3) is 0 Å². The number of hydrogen-bond acceptors (Lipinski definition) is 2. The molecule has 0 spiro atoms. The molecule has 2 rings (SSSR count). The summed E-state index contributed by atoms with van der Waals surface area (Å²) < 4.78 is 0. The maximum Gasteiger partial charge on any atom is 0.222 e. The molecule has 2 unspecified atom stereocenters. The van der Waals surface area contributed by atoms with Crippen molar-refractivity contribution in [1.82, 2.24) is 4.90 Å². The smallest absolute Gasteiger partial charge is 0.222 e. The highest BCUT2D eigenvalue weighted by Gasteiger charge is 2.29. The number of benzene rings is 1. The van der Waals surface area contributed by atoms with Crippen LogP contribution >= 0.6 is 0 Å². The van der Waals surface area contributed by atoms with Crippen LogP contribution in [0.4, 0.5) is 0 Å². The van der Waals surface area contributed by atoms with E-state index in [0.29, 0.717) is 18.9 Å². The number of hydrogen-bond donors (Lipinski definition) is 1. The third kappa shape index (κ3) is 2.91. The number of nitrogens with zero attached hydrogens (tertiary/aromatic N) is 1. The zero-order valence-corrected chi connectivity index (χ0v) is 11.2. The summed E-state index contributed by atoms with van der Waals surface area (Å²) in [6.45, 7) is 5.71. The van der Waals surface area contributed by atoms with Crippen LogP contribution in [0.3, 0.4) is 0 Å².